The quantitative estimate of drug-likeness (QED) is 0.244. The van der Waals surface area contributed by atoms with E-state index in [0.717, 1.165) is 71.3 Å². The fraction of sp³-hybridized carbons (Fsp3) is 0.938. The van der Waals surface area contributed by atoms with Crippen molar-refractivity contribution < 1.29 is 9.47 Å². The van der Waals surface area contributed by atoms with Crippen LogP contribution in [0.5, 0.6) is 0 Å². The lowest BCUT2D eigenvalue weighted by molar-refractivity contribution is 0.0893. The second kappa shape index (κ2) is 14.5. The van der Waals surface area contributed by atoms with Gasteiger partial charge in [-0.2, -0.15) is 0 Å². The minimum atomic E-state index is 0. The molecular weight excluding hydrogens is 393 g/mol. The molecule has 2 N–H and O–H groups in total. The van der Waals surface area contributed by atoms with Crippen molar-refractivity contribution in [3.05, 3.63) is 0 Å². The Balaban J connectivity index is 0.00000441. The van der Waals surface area contributed by atoms with Gasteiger partial charge in [-0.15, -0.1) is 24.0 Å². The van der Waals surface area contributed by atoms with E-state index in [0.29, 0.717) is 11.8 Å². The van der Waals surface area contributed by atoms with Gasteiger partial charge < -0.3 is 20.1 Å². The van der Waals surface area contributed by atoms with Crippen molar-refractivity contribution in [3.63, 3.8) is 0 Å². The Morgan fingerprint density at radius 3 is 2.82 bits per heavy atom. The van der Waals surface area contributed by atoms with Crippen molar-refractivity contribution in [2.24, 2.45) is 16.8 Å². The third-order valence-electron chi connectivity index (χ3n) is 3.45. The molecule has 5 nitrogen and oxygen atoms in total. The summed E-state index contributed by atoms with van der Waals surface area (Å²) in [5.74, 6) is 2.24. The third-order valence-corrected chi connectivity index (χ3v) is 3.45. The second-order valence-electron chi connectivity index (χ2n) is 6.03. The number of nitrogens with zero attached hydrogens (tertiary/aromatic N) is 1. The molecule has 1 aliphatic rings. The van der Waals surface area contributed by atoms with Gasteiger partial charge in [-0.05, 0) is 32.1 Å². The molecule has 0 bridgehead atoms. The number of ether oxygens (including phenoxy) is 2. The first-order valence-electron chi connectivity index (χ1n) is 8.40. The molecule has 1 saturated heterocycles. The molecular formula is C16H34IN3O2. The topological polar surface area (TPSA) is 54.9 Å². The lowest BCUT2D eigenvalue weighted by Gasteiger charge is -2.12. The summed E-state index contributed by atoms with van der Waals surface area (Å²) >= 11 is 0. The summed E-state index contributed by atoms with van der Waals surface area (Å²) in [6.07, 6.45) is 3.27. The molecule has 0 spiro atoms. The number of nitrogens with one attached hydrogen (secondary N) is 2. The fourth-order valence-corrected chi connectivity index (χ4v) is 2.14. The van der Waals surface area contributed by atoms with Crippen LogP contribution in [0.15, 0.2) is 4.99 Å². The Morgan fingerprint density at radius 1 is 1.36 bits per heavy atom. The predicted octanol–water partition coefficient (Wildman–Crippen LogP) is 2.65. The predicted molar refractivity (Wildman–Crippen MR) is 103 cm³/mol. The van der Waals surface area contributed by atoms with Gasteiger partial charge in [0.05, 0.1) is 13.2 Å². The molecule has 132 valence electrons. The minimum absolute atomic E-state index is 0. The van der Waals surface area contributed by atoms with Crippen LogP contribution in [0.4, 0.5) is 0 Å². The molecule has 0 saturated carbocycles. The normalized spacial score (nSPS) is 18.4. The maximum Gasteiger partial charge on any atom is 0.191 e. The Hall–Kier alpha value is -0.0800. The summed E-state index contributed by atoms with van der Waals surface area (Å²) in [7, 11) is 0. The molecule has 0 aromatic rings. The van der Waals surface area contributed by atoms with Gasteiger partial charge >= 0.3 is 0 Å². The molecule has 22 heavy (non-hydrogen) atoms. The van der Waals surface area contributed by atoms with Gasteiger partial charge in [0.1, 0.15) is 0 Å². The molecule has 0 radical (unpaired) electrons. The smallest absolute Gasteiger partial charge is 0.191 e. The van der Waals surface area contributed by atoms with E-state index in [4.69, 9.17) is 9.47 Å². The van der Waals surface area contributed by atoms with Crippen LogP contribution in [0.3, 0.4) is 0 Å². The van der Waals surface area contributed by atoms with Gasteiger partial charge in [-0.1, -0.05) is 13.8 Å². The number of rotatable bonds is 10. The highest BCUT2D eigenvalue weighted by Crippen LogP contribution is 2.12. The van der Waals surface area contributed by atoms with E-state index in [1.165, 1.54) is 0 Å². The maximum absolute atomic E-state index is 5.68. The lowest BCUT2D eigenvalue weighted by atomic mass is 10.1. The molecule has 1 heterocycles. The van der Waals surface area contributed by atoms with Crippen molar-refractivity contribution in [2.75, 3.05) is 46.1 Å². The molecule has 1 fully saturated rings. The number of guanidine groups is 1. The molecule has 0 aromatic heterocycles. The fourth-order valence-electron chi connectivity index (χ4n) is 2.14. The zero-order chi connectivity index (χ0) is 15.3. The number of aliphatic imine (C=N–C) groups is 1. The summed E-state index contributed by atoms with van der Waals surface area (Å²) in [6.45, 7) is 12.6. The maximum atomic E-state index is 5.68. The van der Waals surface area contributed by atoms with Gasteiger partial charge in [0.2, 0.25) is 0 Å². The Labute approximate surface area is 153 Å². The molecule has 1 atom stereocenters. The Kier molecular flexibility index (Phi) is 14.5. The van der Waals surface area contributed by atoms with E-state index in [1.54, 1.807) is 0 Å². The van der Waals surface area contributed by atoms with Crippen LogP contribution in [-0.4, -0.2) is 52.0 Å². The van der Waals surface area contributed by atoms with Crippen LogP contribution in [0, 0.1) is 11.8 Å². The summed E-state index contributed by atoms with van der Waals surface area (Å²) in [5, 5.41) is 6.64. The van der Waals surface area contributed by atoms with E-state index in [9.17, 15) is 0 Å². The van der Waals surface area contributed by atoms with Gasteiger partial charge in [0, 0.05) is 38.8 Å². The molecule has 6 heteroatoms. The van der Waals surface area contributed by atoms with E-state index in [1.807, 2.05) is 0 Å². The largest absolute Gasteiger partial charge is 0.381 e. The number of halogens is 1. The van der Waals surface area contributed by atoms with Gasteiger partial charge in [-0.3, -0.25) is 4.99 Å². The van der Waals surface area contributed by atoms with E-state index < -0.39 is 0 Å². The van der Waals surface area contributed by atoms with Crippen molar-refractivity contribution >= 4 is 29.9 Å². The summed E-state index contributed by atoms with van der Waals surface area (Å²) < 4.78 is 11.0. The first kappa shape index (κ1) is 21.9. The average Bonchev–Trinajstić information content (AvgIpc) is 2.95. The SMILES string of the molecule is CCNC(=NCCCOCC1CCOC1)NCCC(C)C.I. The first-order valence-corrected chi connectivity index (χ1v) is 8.40. The third kappa shape index (κ3) is 11.5. The van der Waals surface area contributed by atoms with E-state index >= 15 is 0 Å². The highest BCUT2D eigenvalue weighted by molar-refractivity contribution is 14.0. The van der Waals surface area contributed by atoms with Crippen LogP contribution >= 0.6 is 24.0 Å². The molecule has 0 amide bonds. The first-order chi connectivity index (χ1) is 10.2. The van der Waals surface area contributed by atoms with Crippen molar-refractivity contribution in [1.29, 1.82) is 0 Å². The average molecular weight is 427 g/mol. The van der Waals surface area contributed by atoms with Crippen LogP contribution in [-0.2, 0) is 9.47 Å². The molecule has 1 aliphatic heterocycles. The Bertz CT molecular complexity index is 283. The van der Waals surface area contributed by atoms with Crippen LogP contribution in [0.1, 0.15) is 40.0 Å². The summed E-state index contributed by atoms with van der Waals surface area (Å²) in [4.78, 5) is 4.57. The zero-order valence-electron chi connectivity index (χ0n) is 14.4. The standard InChI is InChI=1S/C16H33N3O2.HI/c1-4-17-16(19-9-6-14(2)3)18-8-5-10-20-12-15-7-11-21-13-15;/h14-15H,4-13H2,1-3H3,(H2,17,18,19);1H. The van der Waals surface area contributed by atoms with Crippen LogP contribution < -0.4 is 10.6 Å². The zero-order valence-corrected chi connectivity index (χ0v) is 16.7. The van der Waals surface area contributed by atoms with E-state index in [-0.39, 0.29) is 24.0 Å². The van der Waals surface area contributed by atoms with Gasteiger partial charge in [0.15, 0.2) is 5.96 Å². The van der Waals surface area contributed by atoms with Crippen molar-refractivity contribution in [1.82, 2.24) is 10.6 Å². The van der Waals surface area contributed by atoms with Crippen LogP contribution in [0.25, 0.3) is 0 Å². The van der Waals surface area contributed by atoms with Crippen LogP contribution in [0.2, 0.25) is 0 Å². The molecule has 0 aromatic carbocycles. The highest BCUT2D eigenvalue weighted by atomic mass is 127. The number of hydrogen-bond acceptors (Lipinski definition) is 3. The lowest BCUT2D eigenvalue weighted by Crippen LogP contribution is -2.38. The Morgan fingerprint density at radius 2 is 2.18 bits per heavy atom. The molecule has 1 rings (SSSR count). The molecule has 0 aliphatic carbocycles. The summed E-state index contributed by atoms with van der Waals surface area (Å²) in [6, 6.07) is 0. The highest BCUT2D eigenvalue weighted by Gasteiger charge is 2.15. The van der Waals surface area contributed by atoms with Crippen molar-refractivity contribution in [3.8, 4) is 0 Å². The monoisotopic (exact) mass is 427 g/mol. The second-order valence-corrected chi connectivity index (χ2v) is 6.03. The summed E-state index contributed by atoms with van der Waals surface area (Å²) in [5.41, 5.74) is 0. The van der Waals surface area contributed by atoms with E-state index in [2.05, 4.69) is 36.4 Å². The minimum Gasteiger partial charge on any atom is -0.381 e. The molecule has 1 unspecified atom stereocenters. The van der Waals surface area contributed by atoms with Gasteiger partial charge in [0.25, 0.3) is 0 Å². The number of hydrogen-bond donors (Lipinski definition) is 2. The van der Waals surface area contributed by atoms with Gasteiger partial charge in [-0.25, -0.2) is 0 Å². The van der Waals surface area contributed by atoms with Crippen molar-refractivity contribution in [2.45, 2.75) is 40.0 Å².